The van der Waals surface area contributed by atoms with Crippen molar-refractivity contribution in [3.05, 3.63) is 23.2 Å². The van der Waals surface area contributed by atoms with Gasteiger partial charge in [0.1, 0.15) is 5.76 Å². The fourth-order valence-electron chi connectivity index (χ4n) is 1.19. The van der Waals surface area contributed by atoms with Gasteiger partial charge in [-0.05, 0) is 13.8 Å². The van der Waals surface area contributed by atoms with Gasteiger partial charge in [-0.1, -0.05) is 16.5 Å². The second-order valence-corrected chi connectivity index (χ2v) is 5.45. The van der Waals surface area contributed by atoms with Crippen molar-refractivity contribution in [2.45, 2.75) is 23.8 Å². The number of thiazole rings is 1. The molecule has 0 fully saturated rings. The summed E-state index contributed by atoms with van der Waals surface area (Å²) < 4.78 is 6.21. The van der Waals surface area contributed by atoms with Gasteiger partial charge in [-0.25, -0.2) is 4.98 Å². The van der Waals surface area contributed by atoms with Crippen molar-refractivity contribution in [1.29, 1.82) is 0 Å². The largest absolute Gasteiger partial charge is 0.375 e. The molecule has 0 aliphatic carbocycles. The summed E-state index contributed by atoms with van der Waals surface area (Å²) in [6, 6.07) is 0. The molecule has 0 spiro atoms. The molecule has 0 aliphatic rings. The Balaban J connectivity index is 2.05. The Hall–Kier alpha value is -1.01. The Bertz CT molecular complexity index is 444. The van der Waals surface area contributed by atoms with E-state index in [0.717, 1.165) is 27.0 Å². The summed E-state index contributed by atoms with van der Waals surface area (Å²) in [5, 5.41) is 4.52. The van der Waals surface area contributed by atoms with Crippen LogP contribution in [0.3, 0.4) is 0 Å². The number of hydrogen-bond donors (Lipinski definition) is 1. The van der Waals surface area contributed by atoms with E-state index in [1.54, 1.807) is 18.0 Å². The first-order chi connectivity index (χ1) is 7.16. The lowest BCUT2D eigenvalue weighted by atomic mass is 10.2. The van der Waals surface area contributed by atoms with E-state index in [0.29, 0.717) is 5.13 Å². The number of nitrogens with two attached hydrogens (primary N) is 1. The zero-order valence-corrected chi connectivity index (χ0v) is 10.1. The highest BCUT2D eigenvalue weighted by atomic mass is 32.2. The van der Waals surface area contributed by atoms with Gasteiger partial charge in [0, 0.05) is 11.3 Å². The standard InChI is InChI=1S/C9H11N3OS2/c1-5-7(6(2)13-12-5)4-14-8-3-11-9(10)15-8/h3H,4H2,1-2H3,(H2,10,11). The lowest BCUT2D eigenvalue weighted by Crippen LogP contribution is -1.83. The van der Waals surface area contributed by atoms with E-state index in [9.17, 15) is 0 Å². The molecular formula is C9H11N3OS2. The molecule has 0 unspecified atom stereocenters. The molecule has 0 saturated heterocycles. The molecule has 15 heavy (non-hydrogen) atoms. The molecule has 0 bridgehead atoms. The van der Waals surface area contributed by atoms with Crippen LogP contribution < -0.4 is 5.73 Å². The third kappa shape index (κ3) is 2.32. The Kier molecular flexibility index (Phi) is 2.97. The van der Waals surface area contributed by atoms with Gasteiger partial charge in [0.15, 0.2) is 5.13 Å². The zero-order valence-electron chi connectivity index (χ0n) is 8.48. The van der Waals surface area contributed by atoms with Crippen LogP contribution in [0.4, 0.5) is 5.13 Å². The third-order valence-electron chi connectivity index (χ3n) is 2.04. The summed E-state index contributed by atoms with van der Waals surface area (Å²) in [5.41, 5.74) is 7.67. The van der Waals surface area contributed by atoms with E-state index in [4.69, 9.17) is 10.3 Å². The first kappa shape index (κ1) is 10.5. The van der Waals surface area contributed by atoms with Gasteiger partial charge >= 0.3 is 0 Å². The van der Waals surface area contributed by atoms with Gasteiger partial charge in [-0.3, -0.25) is 0 Å². The minimum Gasteiger partial charge on any atom is -0.375 e. The van der Waals surface area contributed by atoms with E-state index in [2.05, 4.69) is 10.1 Å². The van der Waals surface area contributed by atoms with E-state index >= 15 is 0 Å². The maximum atomic E-state index is 5.55. The highest BCUT2D eigenvalue weighted by Gasteiger charge is 2.09. The van der Waals surface area contributed by atoms with Gasteiger partial charge in [0.05, 0.1) is 16.1 Å². The first-order valence-electron chi connectivity index (χ1n) is 4.42. The van der Waals surface area contributed by atoms with Crippen molar-refractivity contribution >= 4 is 28.2 Å². The number of thioether (sulfide) groups is 1. The van der Waals surface area contributed by atoms with Crippen LogP contribution in [-0.2, 0) is 5.75 Å². The van der Waals surface area contributed by atoms with Crippen molar-refractivity contribution in [3.63, 3.8) is 0 Å². The van der Waals surface area contributed by atoms with Crippen molar-refractivity contribution in [2.75, 3.05) is 5.73 Å². The summed E-state index contributed by atoms with van der Waals surface area (Å²) in [7, 11) is 0. The lowest BCUT2D eigenvalue weighted by Gasteiger charge is -1.96. The molecule has 0 radical (unpaired) electrons. The number of hydrogen-bond acceptors (Lipinski definition) is 6. The second-order valence-electron chi connectivity index (χ2n) is 3.11. The number of nitrogens with zero attached hydrogens (tertiary/aromatic N) is 2. The molecule has 0 amide bonds. The zero-order chi connectivity index (χ0) is 10.8. The Morgan fingerprint density at radius 1 is 1.53 bits per heavy atom. The Morgan fingerprint density at radius 3 is 2.87 bits per heavy atom. The summed E-state index contributed by atoms with van der Waals surface area (Å²) in [6.45, 7) is 3.88. The molecule has 4 nitrogen and oxygen atoms in total. The van der Waals surface area contributed by atoms with Crippen molar-refractivity contribution in [3.8, 4) is 0 Å². The predicted molar refractivity (Wildman–Crippen MR) is 62.1 cm³/mol. The molecule has 0 saturated carbocycles. The van der Waals surface area contributed by atoms with Crippen LogP contribution in [0.5, 0.6) is 0 Å². The molecule has 2 aromatic rings. The molecule has 6 heteroatoms. The van der Waals surface area contributed by atoms with E-state index in [1.165, 1.54) is 11.3 Å². The SMILES string of the molecule is Cc1noc(C)c1CSc1cnc(N)s1. The third-order valence-corrected chi connectivity index (χ3v) is 4.09. The quantitative estimate of drug-likeness (QED) is 0.837. The van der Waals surface area contributed by atoms with Gasteiger partial charge in [-0.2, -0.15) is 0 Å². The number of aromatic nitrogens is 2. The number of anilines is 1. The van der Waals surface area contributed by atoms with Crippen LogP contribution >= 0.6 is 23.1 Å². The fraction of sp³-hybridized carbons (Fsp3) is 0.333. The van der Waals surface area contributed by atoms with E-state index < -0.39 is 0 Å². The molecule has 2 rings (SSSR count). The summed E-state index contributed by atoms with van der Waals surface area (Å²) in [4.78, 5) is 4.00. The molecule has 0 atom stereocenters. The fourth-order valence-corrected chi connectivity index (χ4v) is 3.10. The van der Waals surface area contributed by atoms with E-state index in [1.807, 2.05) is 13.8 Å². The summed E-state index contributed by atoms with van der Waals surface area (Å²) >= 11 is 3.20. The maximum absolute atomic E-state index is 5.55. The Morgan fingerprint density at radius 2 is 2.33 bits per heavy atom. The smallest absolute Gasteiger partial charge is 0.181 e. The van der Waals surface area contributed by atoms with Crippen LogP contribution in [-0.4, -0.2) is 10.1 Å². The topological polar surface area (TPSA) is 64.9 Å². The molecule has 2 heterocycles. The Labute approximate surface area is 95.9 Å². The first-order valence-corrected chi connectivity index (χ1v) is 6.23. The van der Waals surface area contributed by atoms with Crippen LogP contribution in [0.15, 0.2) is 14.9 Å². The van der Waals surface area contributed by atoms with Gasteiger partial charge in [0.2, 0.25) is 0 Å². The number of nitrogen functional groups attached to an aromatic ring is 1. The van der Waals surface area contributed by atoms with Crippen molar-refractivity contribution in [1.82, 2.24) is 10.1 Å². The van der Waals surface area contributed by atoms with Crippen molar-refractivity contribution < 1.29 is 4.52 Å². The number of rotatable bonds is 3. The van der Waals surface area contributed by atoms with Crippen LogP contribution in [0.1, 0.15) is 17.0 Å². The lowest BCUT2D eigenvalue weighted by molar-refractivity contribution is 0.392. The average molecular weight is 241 g/mol. The predicted octanol–water partition coefficient (Wildman–Crippen LogP) is 2.62. The molecule has 80 valence electrons. The van der Waals surface area contributed by atoms with Crippen LogP contribution in [0.25, 0.3) is 0 Å². The van der Waals surface area contributed by atoms with Crippen molar-refractivity contribution in [2.24, 2.45) is 0 Å². The highest BCUT2D eigenvalue weighted by Crippen LogP contribution is 2.30. The van der Waals surface area contributed by atoms with Gasteiger partial charge in [-0.15, -0.1) is 11.8 Å². The van der Waals surface area contributed by atoms with Crippen LogP contribution in [0.2, 0.25) is 0 Å². The molecule has 0 aliphatic heterocycles. The molecule has 2 aromatic heterocycles. The van der Waals surface area contributed by atoms with E-state index in [-0.39, 0.29) is 0 Å². The van der Waals surface area contributed by atoms with Crippen LogP contribution in [0, 0.1) is 13.8 Å². The maximum Gasteiger partial charge on any atom is 0.181 e. The highest BCUT2D eigenvalue weighted by molar-refractivity contribution is 8.00. The molecule has 2 N–H and O–H groups in total. The average Bonchev–Trinajstić information content (AvgIpc) is 2.73. The molecule has 0 aromatic carbocycles. The van der Waals surface area contributed by atoms with Gasteiger partial charge < -0.3 is 10.3 Å². The second kappa shape index (κ2) is 4.24. The van der Waals surface area contributed by atoms with Gasteiger partial charge in [0.25, 0.3) is 0 Å². The molecular weight excluding hydrogens is 230 g/mol. The number of aryl methyl sites for hydroxylation is 2. The summed E-state index contributed by atoms with van der Waals surface area (Å²) in [5.74, 6) is 1.74. The minimum atomic E-state index is 0.608. The minimum absolute atomic E-state index is 0.608. The normalized spacial score (nSPS) is 10.8. The monoisotopic (exact) mass is 241 g/mol. The summed E-state index contributed by atoms with van der Waals surface area (Å²) in [6.07, 6.45) is 1.79.